The van der Waals surface area contributed by atoms with Gasteiger partial charge < -0.3 is 10.0 Å². The molecule has 0 saturated heterocycles. The van der Waals surface area contributed by atoms with Crippen LogP contribution in [0.3, 0.4) is 0 Å². The van der Waals surface area contributed by atoms with Crippen molar-refractivity contribution in [2.75, 3.05) is 20.7 Å². The average molecular weight is 173 g/mol. The fourth-order valence-electron chi connectivity index (χ4n) is 1.75. The molecule has 1 atom stereocenters. The second-order valence-corrected chi connectivity index (χ2v) is 4.71. The Bertz CT molecular complexity index is 115. The largest absolute Gasteiger partial charge is 0.396 e. The monoisotopic (exact) mass is 173 g/mol. The molecule has 12 heavy (non-hydrogen) atoms. The predicted octanol–water partition coefficient (Wildman–Crippen LogP) is 1.74. The number of aliphatic hydroxyl groups is 1. The molecule has 1 unspecified atom stereocenters. The number of hydrogen-bond donors (Lipinski definition) is 1. The summed E-state index contributed by atoms with van der Waals surface area (Å²) in [7, 11) is 4.21. The molecular weight excluding hydrogens is 150 g/mol. The Balaban J connectivity index is 4.05. The summed E-state index contributed by atoms with van der Waals surface area (Å²) in [4.78, 5) is 2.25. The maximum atomic E-state index is 8.74. The minimum Gasteiger partial charge on any atom is -0.396 e. The zero-order chi connectivity index (χ0) is 9.78. The van der Waals surface area contributed by atoms with Gasteiger partial charge >= 0.3 is 0 Å². The van der Waals surface area contributed by atoms with Crippen LogP contribution in [0.4, 0.5) is 0 Å². The Morgan fingerprint density at radius 3 is 2.00 bits per heavy atom. The smallest absolute Gasteiger partial charge is 0.0431 e. The summed E-state index contributed by atoms with van der Waals surface area (Å²) in [6.07, 6.45) is 1.98. The van der Waals surface area contributed by atoms with Crippen LogP contribution in [-0.4, -0.2) is 36.8 Å². The standard InChI is InChI=1S/C10H23NO/c1-10(2,3)9(11(4)5)7-6-8-12/h9,12H,6-8H2,1-5H3. The summed E-state index contributed by atoms with van der Waals surface area (Å²) in [5, 5.41) is 8.74. The number of hydrogen-bond acceptors (Lipinski definition) is 2. The quantitative estimate of drug-likeness (QED) is 0.700. The zero-order valence-electron chi connectivity index (χ0n) is 9.09. The summed E-state index contributed by atoms with van der Waals surface area (Å²) < 4.78 is 0. The van der Waals surface area contributed by atoms with E-state index in [1.807, 2.05) is 0 Å². The Labute approximate surface area is 76.6 Å². The molecule has 0 aromatic rings. The maximum absolute atomic E-state index is 8.74. The van der Waals surface area contributed by atoms with Gasteiger partial charge in [-0.25, -0.2) is 0 Å². The predicted molar refractivity (Wildman–Crippen MR) is 53.2 cm³/mol. The second kappa shape index (κ2) is 4.83. The molecule has 0 aliphatic heterocycles. The zero-order valence-corrected chi connectivity index (χ0v) is 9.09. The molecule has 0 heterocycles. The maximum Gasteiger partial charge on any atom is 0.0431 e. The molecule has 0 saturated carbocycles. The number of nitrogens with zero attached hydrogens (tertiary/aromatic N) is 1. The van der Waals surface area contributed by atoms with Gasteiger partial charge in [0, 0.05) is 12.6 Å². The normalized spacial score (nSPS) is 15.2. The Kier molecular flexibility index (Phi) is 4.80. The fraction of sp³-hybridized carbons (Fsp3) is 1.00. The van der Waals surface area contributed by atoms with E-state index in [2.05, 4.69) is 39.8 Å². The van der Waals surface area contributed by atoms with Gasteiger partial charge in [-0.2, -0.15) is 0 Å². The van der Waals surface area contributed by atoms with Crippen molar-refractivity contribution in [3.8, 4) is 0 Å². The van der Waals surface area contributed by atoms with Crippen LogP contribution in [0.1, 0.15) is 33.6 Å². The van der Waals surface area contributed by atoms with E-state index in [0.717, 1.165) is 12.8 Å². The molecule has 2 heteroatoms. The first-order chi connectivity index (χ1) is 5.39. The topological polar surface area (TPSA) is 23.5 Å². The summed E-state index contributed by atoms with van der Waals surface area (Å²) in [6.45, 7) is 7.04. The van der Waals surface area contributed by atoms with Crippen molar-refractivity contribution in [1.82, 2.24) is 4.90 Å². The lowest BCUT2D eigenvalue weighted by Crippen LogP contribution is -2.39. The summed E-state index contributed by atoms with van der Waals surface area (Å²) in [5.41, 5.74) is 0.304. The van der Waals surface area contributed by atoms with Gasteiger partial charge in [-0.3, -0.25) is 0 Å². The molecular formula is C10H23NO. The molecule has 0 rings (SSSR count). The molecule has 0 aliphatic rings. The molecule has 2 nitrogen and oxygen atoms in total. The lowest BCUT2D eigenvalue weighted by molar-refractivity contribution is 0.131. The molecule has 0 aliphatic carbocycles. The molecule has 0 amide bonds. The Morgan fingerprint density at radius 2 is 1.75 bits per heavy atom. The van der Waals surface area contributed by atoms with Crippen molar-refractivity contribution in [3.05, 3.63) is 0 Å². The second-order valence-electron chi connectivity index (χ2n) is 4.71. The highest BCUT2D eigenvalue weighted by Crippen LogP contribution is 2.26. The van der Waals surface area contributed by atoms with E-state index in [0.29, 0.717) is 18.1 Å². The number of aliphatic hydroxyl groups excluding tert-OH is 1. The van der Waals surface area contributed by atoms with E-state index < -0.39 is 0 Å². The molecule has 0 radical (unpaired) electrons. The SMILES string of the molecule is CN(C)C(CCCO)C(C)(C)C. The van der Waals surface area contributed by atoms with Crippen molar-refractivity contribution < 1.29 is 5.11 Å². The van der Waals surface area contributed by atoms with Crippen molar-refractivity contribution in [1.29, 1.82) is 0 Å². The summed E-state index contributed by atoms with van der Waals surface area (Å²) >= 11 is 0. The van der Waals surface area contributed by atoms with Gasteiger partial charge in [-0.05, 0) is 32.4 Å². The summed E-state index contributed by atoms with van der Waals surface area (Å²) in [5.74, 6) is 0. The first kappa shape index (κ1) is 11.9. The Hall–Kier alpha value is -0.0800. The van der Waals surface area contributed by atoms with Crippen LogP contribution in [0.5, 0.6) is 0 Å². The third-order valence-corrected chi connectivity index (χ3v) is 2.26. The molecule has 0 aromatic heterocycles. The van der Waals surface area contributed by atoms with E-state index in [-0.39, 0.29) is 0 Å². The third kappa shape index (κ3) is 4.07. The van der Waals surface area contributed by atoms with Gasteiger partial charge in [0.05, 0.1) is 0 Å². The molecule has 0 spiro atoms. The highest BCUT2D eigenvalue weighted by atomic mass is 16.2. The Morgan fingerprint density at radius 1 is 1.25 bits per heavy atom. The molecule has 1 N–H and O–H groups in total. The van der Waals surface area contributed by atoms with Crippen LogP contribution >= 0.6 is 0 Å². The van der Waals surface area contributed by atoms with E-state index in [1.165, 1.54) is 0 Å². The summed E-state index contributed by atoms with van der Waals surface area (Å²) in [6, 6.07) is 0.560. The third-order valence-electron chi connectivity index (χ3n) is 2.26. The van der Waals surface area contributed by atoms with Crippen molar-refractivity contribution in [2.24, 2.45) is 5.41 Å². The van der Waals surface area contributed by atoms with Crippen molar-refractivity contribution in [3.63, 3.8) is 0 Å². The van der Waals surface area contributed by atoms with E-state index in [4.69, 9.17) is 5.11 Å². The lowest BCUT2D eigenvalue weighted by Gasteiger charge is -2.36. The van der Waals surface area contributed by atoms with Gasteiger partial charge in [0.25, 0.3) is 0 Å². The van der Waals surface area contributed by atoms with Crippen LogP contribution in [0.25, 0.3) is 0 Å². The minimum absolute atomic E-state index is 0.304. The minimum atomic E-state index is 0.304. The van der Waals surface area contributed by atoms with Gasteiger partial charge in [0.2, 0.25) is 0 Å². The first-order valence-electron chi connectivity index (χ1n) is 4.67. The van der Waals surface area contributed by atoms with Gasteiger partial charge in [-0.15, -0.1) is 0 Å². The number of rotatable bonds is 4. The highest BCUT2D eigenvalue weighted by Gasteiger charge is 2.25. The molecule has 0 bridgehead atoms. The van der Waals surface area contributed by atoms with Crippen LogP contribution in [0.15, 0.2) is 0 Å². The lowest BCUT2D eigenvalue weighted by atomic mass is 9.83. The van der Waals surface area contributed by atoms with E-state index >= 15 is 0 Å². The van der Waals surface area contributed by atoms with Crippen molar-refractivity contribution in [2.45, 2.75) is 39.7 Å². The van der Waals surface area contributed by atoms with Gasteiger partial charge in [0.1, 0.15) is 0 Å². The molecule has 0 fully saturated rings. The first-order valence-corrected chi connectivity index (χ1v) is 4.67. The van der Waals surface area contributed by atoms with E-state index in [9.17, 15) is 0 Å². The van der Waals surface area contributed by atoms with Crippen LogP contribution < -0.4 is 0 Å². The van der Waals surface area contributed by atoms with Crippen LogP contribution in [0, 0.1) is 5.41 Å². The van der Waals surface area contributed by atoms with E-state index in [1.54, 1.807) is 0 Å². The van der Waals surface area contributed by atoms with Crippen molar-refractivity contribution >= 4 is 0 Å². The molecule has 0 aromatic carbocycles. The van der Waals surface area contributed by atoms with Gasteiger partial charge in [-0.1, -0.05) is 20.8 Å². The fourth-order valence-corrected chi connectivity index (χ4v) is 1.75. The van der Waals surface area contributed by atoms with Crippen LogP contribution in [0.2, 0.25) is 0 Å². The van der Waals surface area contributed by atoms with Gasteiger partial charge in [0.15, 0.2) is 0 Å². The van der Waals surface area contributed by atoms with Crippen LogP contribution in [-0.2, 0) is 0 Å². The molecule has 74 valence electrons. The highest BCUT2D eigenvalue weighted by molar-refractivity contribution is 4.79. The average Bonchev–Trinajstić information content (AvgIpc) is 1.84.